The normalized spacial score (nSPS) is 19.6. The molecule has 0 aliphatic heterocycles. The quantitative estimate of drug-likeness (QED) is 0.856. The smallest absolute Gasteiger partial charge is 0.317 e. The number of alkyl halides is 3. The van der Waals surface area contributed by atoms with Crippen LogP contribution < -0.4 is 0 Å². The Morgan fingerprint density at radius 3 is 2.43 bits per heavy atom. The van der Waals surface area contributed by atoms with Gasteiger partial charge in [0.05, 0.1) is 17.3 Å². The average Bonchev–Trinajstić information content (AvgIpc) is 3.25. The Kier molecular flexibility index (Phi) is 3.58. The molecule has 0 bridgehead atoms. The summed E-state index contributed by atoms with van der Waals surface area (Å²) < 4.78 is 38.1. The van der Waals surface area contributed by atoms with Crippen LogP contribution in [0, 0.1) is 18.3 Å². The van der Waals surface area contributed by atoms with Crippen molar-refractivity contribution >= 4 is 5.91 Å². The van der Waals surface area contributed by atoms with Crippen molar-refractivity contribution in [1.29, 1.82) is 5.26 Å². The summed E-state index contributed by atoms with van der Waals surface area (Å²) in [7, 11) is 0. The molecule has 3 rings (SSSR count). The van der Waals surface area contributed by atoms with Gasteiger partial charge < -0.3 is 4.90 Å². The van der Waals surface area contributed by atoms with E-state index in [0.717, 1.165) is 25.3 Å². The molecule has 0 N–H and O–H groups in total. The van der Waals surface area contributed by atoms with E-state index in [9.17, 15) is 23.2 Å². The lowest BCUT2D eigenvalue weighted by molar-refractivity contribution is -0.141. The summed E-state index contributed by atoms with van der Waals surface area (Å²) in [5, 5.41) is 9.49. The van der Waals surface area contributed by atoms with Crippen LogP contribution in [0.2, 0.25) is 0 Å². The fourth-order valence-electron chi connectivity index (χ4n) is 3.04. The average molecular weight is 323 g/mol. The predicted molar refractivity (Wildman–Crippen MR) is 75.4 cm³/mol. The minimum absolute atomic E-state index is 0.0177. The fourth-order valence-corrected chi connectivity index (χ4v) is 3.04. The van der Waals surface area contributed by atoms with Crippen molar-refractivity contribution in [1.82, 2.24) is 9.88 Å². The lowest BCUT2D eigenvalue weighted by atomic mass is 9.76. The van der Waals surface area contributed by atoms with Crippen LogP contribution in [-0.4, -0.2) is 27.4 Å². The molecule has 1 aromatic rings. The van der Waals surface area contributed by atoms with Gasteiger partial charge in [0, 0.05) is 6.04 Å². The third-order valence-corrected chi connectivity index (χ3v) is 4.59. The molecular formula is C16H16F3N3O. The van der Waals surface area contributed by atoms with Crippen LogP contribution >= 0.6 is 0 Å². The maximum absolute atomic E-state index is 12.9. The van der Waals surface area contributed by atoms with Crippen LogP contribution in [-0.2, 0) is 6.18 Å². The van der Waals surface area contributed by atoms with Crippen molar-refractivity contribution in [3.63, 3.8) is 0 Å². The molecule has 7 heteroatoms. The molecule has 2 fully saturated rings. The first-order chi connectivity index (χ1) is 10.8. The maximum Gasteiger partial charge on any atom is 0.433 e. The third-order valence-electron chi connectivity index (χ3n) is 4.59. The van der Waals surface area contributed by atoms with Gasteiger partial charge in [-0.25, -0.2) is 4.98 Å². The molecular weight excluding hydrogens is 307 g/mol. The first-order valence-electron chi connectivity index (χ1n) is 7.58. The standard InChI is InChI=1S/C16H16F3N3O/c1-10-12(5-6-13(21-10)16(17,18)19)14(23)22(11-3-4-11)15(9-20)7-2-8-15/h5-6,11H,2-4,7-8H2,1H3. The van der Waals surface area contributed by atoms with Crippen molar-refractivity contribution in [2.24, 2.45) is 0 Å². The van der Waals surface area contributed by atoms with E-state index in [4.69, 9.17) is 0 Å². The molecule has 122 valence electrons. The molecule has 0 atom stereocenters. The zero-order valence-corrected chi connectivity index (χ0v) is 12.7. The van der Waals surface area contributed by atoms with Crippen LogP contribution in [0.4, 0.5) is 13.2 Å². The van der Waals surface area contributed by atoms with Crippen molar-refractivity contribution in [2.45, 2.75) is 56.8 Å². The molecule has 2 aliphatic carbocycles. The summed E-state index contributed by atoms with van der Waals surface area (Å²) in [4.78, 5) is 18.0. The number of halogens is 3. The number of amides is 1. The number of nitriles is 1. The lowest BCUT2D eigenvalue weighted by Crippen LogP contribution is -2.56. The van der Waals surface area contributed by atoms with Gasteiger partial charge in [-0.2, -0.15) is 18.4 Å². The van der Waals surface area contributed by atoms with Crippen LogP contribution in [0.15, 0.2) is 12.1 Å². The van der Waals surface area contributed by atoms with Crippen molar-refractivity contribution < 1.29 is 18.0 Å². The van der Waals surface area contributed by atoms with E-state index in [2.05, 4.69) is 11.1 Å². The number of nitrogens with zero attached hydrogens (tertiary/aromatic N) is 3. The number of hydrogen-bond acceptors (Lipinski definition) is 3. The van der Waals surface area contributed by atoms with Crippen molar-refractivity contribution in [3.8, 4) is 6.07 Å². The summed E-state index contributed by atoms with van der Waals surface area (Å²) in [5.74, 6) is -0.382. The highest BCUT2D eigenvalue weighted by atomic mass is 19.4. The summed E-state index contributed by atoms with van der Waals surface area (Å²) in [5.41, 5.74) is -1.62. The van der Waals surface area contributed by atoms with E-state index in [-0.39, 0.29) is 23.2 Å². The molecule has 2 saturated carbocycles. The van der Waals surface area contributed by atoms with Crippen LogP contribution in [0.3, 0.4) is 0 Å². The van der Waals surface area contributed by atoms with Crippen LogP contribution in [0.25, 0.3) is 0 Å². The monoisotopic (exact) mass is 323 g/mol. The molecule has 0 saturated heterocycles. The van der Waals surface area contributed by atoms with Gasteiger partial charge in [0.25, 0.3) is 5.91 Å². The second kappa shape index (κ2) is 5.22. The summed E-state index contributed by atoms with van der Waals surface area (Å²) >= 11 is 0. The zero-order chi connectivity index (χ0) is 16.8. The summed E-state index contributed by atoms with van der Waals surface area (Å²) in [6.07, 6.45) is -0.735. The highest BCUT2D eigenvalue weighted by molar-refractivity contribution is 5.96. The Bertz CT molecular complexity index is 685. The number of aromatic nitrogens is 1. The highest BCUT2D eigenvalue weighted by Gasteiger charge is 2.51. The van der Waals surface area contributed by atoms with E-state index < -0.39 is 17.4 Å². The number of rotatable bonds is 3. The van der Waals surface area contributed by atoms with Gasteiger partial charge in [0.2, 0.25) is 0 Å². The topological polar surface area (TPSA) is 57.0 Å². The lowest BCUT2D eigenvalue weighted by Gasteiger charge is -2.45. The number of hydrogen-bond donors (Lipinski definition) is 0. The Balaban J connectivity index is 1.94. The Hall–Kier alpha value is -2.10. The van der Waals surface area contributed by atoms with Crippen LogP contribution in [0.5, 0.6) is 0 Å². The third kappa shape index (κ3) is 2.67. The summed E-state index contributed by atoms with van der Waals surface area (Å²) in [6, 6.07) is 4.26. The Morgan fingerprint density at radius 1 is 1.39 bits per heavy atom. The fraction of sp³-hybridized carbons (Fsp3) is 0.562. The molecule has 23 heavy (non-hydrogen) atoms. The number of aryl methyl sites for hydroxylation is 1. The summed E-state index contributed by atoms with van der Waals surface area (Å²) in [6.45, 7) is 1.40. The first-order valence-corrected chi connectivity index (χ1v) is 7.58. The van der Waals surface area contributed by atoms with E-state index in [1.807, 2.05) is 0 Å². The molecule has 2 aliphatic rings. The van der Waals surface area contributed by atoms with Gasteiger partial charge >= 0.3 is 6.18 Å². The SMILES string of the molecule is Cc1nc(C(F)(F)F)ccc1C(=O)N(C1CC1)C1(C#N)CCC1. The van der Waals surface area contributed by atoms with Gasteiger partial charge in [0.1, 0.15) is 11.2 Å². The van der Waals surface area contributed by atoms with Gasteiger partial charge in [-0.05, 0) is 51.2 Å². The van der Waals surface area contributed by atoms with Gasteiger partial charge in [0.15, 0.2) is 0 Å². The zero-order valence-electron chi connectivity index (χ0n) is 12.7. The number of carbonyl (C=O) groups is 1. The molecule has 4 nitrogen and oxygen atoms in total. The second-order valence-electron chi connectivity index (χ2n) is 6.23. The van der Waals surface area contributed by atoms with E-state index >= 15 is 0 Å². The van der Waals surface area contributed by atoms with Crippen molar-refractivity contribution in [2.75, 3.05) is 0 Å². The minimum Gasteiger partial charge on any atom is -0.317 e. The van der Waals surface area contributed by atoms with Gasteiger partial charge in [-0.3, -0.25) is 4.79 Å². The molecule has 0 spiro atoms. The minimum atomic E-state index is -4.54. The maximum atomic E-state index is 12.9. The van der Waals surface area contributed by atoms with Gasteiger partial charge in [-0.15, -0.1) is 0 Å². The predicted octanol–water partition coefficient (Wildman–Crippen LogP) is 3.46. The van der Waals surface area contributed by atoms with Gasteiger partial charge in [-0.1, -0.05) is 0 Å². The first kappa shape index (κ1) is 15.8. The molecule has 0 aromatic carbocycles. The molecule has 0 unspecified atom stereocenters. The van der Waals surface area contributed by atoms with E-state index in [1.165, 1.54) is 13.0 Å². The van der Waals surface area contributed by atoms with Crippen molar-refractivity contribution in [3.05, 3.63) is 29.1 Å². The molecule has 0 radical (unpaired) electrons. The largest absolute Gasteiger partial charge is 0.433 e. The molecule has 1 aromatic heterocycles. The molecule has 1 heterocycles. The Labute approximate surface area is 131 Å². The van der Waals surface area contributed by atoms with E-state index in [1.54, 1.807) is 4.90 Å². The molecule has 1 amide bonds. The Morgan fingerprint density at radius 2 is 2.04 bits per heavy atom. The van der Waals surface area contributed by atoms with E-state index in [0.29, 0.717) is 12.8 Å². The number of pyridine rings is 1. The van der Waals surface area contributed by atoms with Crippen LogP contribution in [0.1, 0.15) is 53.8 Å². The second-order valence-corrected chi connectivity index (χ2v) is 6.23. The highest BCUT2D eigenvalue weighted by Crippen LogP contribution is 2.44. The number of carbonyl (C=O) groups excluding carboxylic acids is 1.